The molecule has 1 atom stereocenters. The van der Waals surface area contributed by atoms with Crippen LogP contribution in [-0.2, 0) is 14.3 Å². The number of hydrogen-bond donors (Lipinski definition) is 2. The molecule has 1 fully saturated rings. The molecule has 5 heteroatoms. The highest BCUT2D eigenvalue weighted by Gasteiger charge is 2.25. The van der Waals surface area contributed by atoms with E-state index in [1.165, 1.54) is 6.08 Å². The van der Waals surface area contributed by atoms with Gasteiger partial charge < -0.3 is 15.8 Å². The second kappa shape index (κ2) is 4.02. The number of esters is 1. The molecule has 1 heterocycles. The van der Waals surface area contributed by atoms with Crippen molar-refractivity contribution in [2.24, 2.45) is 5.73 Å². The average Bonchev–Trinajstić information content (AvgIpc) is 2.25. The Morgan fingerprint density at radius 2 is 2.20 bits per heavy atom. The molecule has 0 radical (unpaired) electrons. The number of nitrogens with two attached hydrogens (primary N) is 1. The van der Waals surface area contributed by atoms with Gasteiger partial charge in [0.25, 0.3) is 0 Å². The third-order valence-electron chi connectivity index (χ3n) is 1.77. The first-order chi connectivity index (χ1) is 6.78. The molecule has 0 unspecified atom stereocenters. The lowest BCUT2D eigenvalue weighted by molar-refractivity contribution is -0.148. The van der Waals surface area contributed by atoms with Crippen LogP contribution in [0.4, 0.5) is 0 Å². The molecule has 0 saturated carbocycles. The van der Waals surface area contributed by atoms with E-state index in [1.54, 1.807) is 20.8 Å². The molecule has 1 saturated heterocycles. The molecule has 1 amide bonds. The first-order valence-electron chi connectivity index (χ1n) is 4.78. The number of amides is 1. The van der Waals surface area contributed by atoms with Crippen LogP contribution in [-0.4, -0.2) is 23.5 Å². The monoisotopic (exact) mass is 212 g/mol. The van der Waals surface area contributed by atoms with Gasteiger partial charge in [-0.05, 0) is 20.8 Å². The van der Waals surface area contributed by atoms with Gasteiger partial charge in [-0.25, -0.2) is 4.79 Å². The van der Waals surface area contributed by atoms with Gasteiger partial charge in [-0.2, -0.15) is 0 Å². The third kappa shape index (κ3) is 3.71. The number of ether oxygens (including phenoxy) is 1. The van der Waals surface area contributed by atoms with Crippen molar-refractivity contribution in [3.63, 3.8) is 0 Å². The Hall–Kier alpha value is -1.36. The van der Waals surface area contributed by atoms with Gasteiger partial charge in [0.15, 0.2) is 0 Å². The Bertz CT molecular complexity index is 315. The van der Waals surface area contributed by atoms with E-state index >= 15 is 0 Å². The molecule has 0 aromatic heterocycles. The number of carbonyl (C=O) groups is 2. The van der Waals surface area contributed by atoms with E-state index in [4.69, 9.17) is 10.5 Å². The van der Waals surface area contributed by atoms with Gasteiger partial charge in [0.1, 0.15) is 5.60 Å². The van der Waals surface area contributed by atoms with Crippen LogP contribution >= 0.6 is 0 Å². The molecule has 0 bridgehead atoms. The van der Waals surface area contributed by atoms with Crippen molar-refractivity contribution in [2.75, 3.05) is 0 Å². The van der Waals surface area contributed by atoms with Crippen molar-refractivity contribution >= 4 is 11.9 Å². The second-order valence-electron chi connectivity index (χ2n) is 4.49. The highest BCUT2D eigenvalue weighted by molar-refractivity contribution is 5.88. The van der Waals surface area contributed by atoms with Crippen molar-refractivity contribution < 1.29 is 14.3 Å². The highest BCUT2D eigenvalue weighted by atomic mass is 16.6. The minimum Gasteiger partial charge on any atom is -0.457 e. The fourth-order valence-electron chi connectivity index (χ4n) is 1.22. The largest absolute Gasteiger partial charge is 0.457 e. The predicted octanol–water partition coefficient (Wildman–Crippen LogP) is 0.0592. The third-order valence-corrected chi connectivity index (χ3v) is 1.77. The first-order valence-corrected chi connectivity index (χ1v) is 4.78. The maximum atomic E-state index is 11.4. The van der Waals surface area contributed by atoms with Crippen LogP contribution in [0, 0.1) is 0 Å². The van der Waals surface area contributed by atoms with Crippen molar-refractivity contribution in [3.8, 4) is 0 Å². The van der Waals surface area contributed by atoms with E-state index in [1.807, 2.05) is 0 Å². The zero-order chi connectivity index (χ0) is 11.6. The van der Waals surface area contributed by atoms with Crippen molar-refractivity contribution in [1.82, 2.24) is 5.32 Å². The minimum absolute atomic E-state index is 0.169. The normalized spacial score (nSPS) is 24.1. The van der Waals surface area contributed by atoms with Crippen LogP contribution in [0.15, 0.2) is 11.8 Å². The van der Waals surface area contributed by atoms with Crippen LogP contribution in [0.25, 0.3) is 0 Å². The van der Waals surface area contributed by atoms with Crippen LogP contribution in [0.3, 0.4) is 0 Å². The zero-order valence-corrected chi connectivity index (χ0v) is 9.16. The fraction of sp³-hybridized carbons (Fsp3) is 0.600. The Labute approximate surface area is 88.7 Å². The smallest absolute Gasteiger partial charge is 0.333 e. The summed E-state index contributed by atoms with van der Waals surface area (Å²) in [5.41, 5.74) is 5.51. The first kappa shape index (κ1) is 11.7. The van der Waals surface area contributed by atoms with E-state index in [0.29, 0.717) is 5.70 Å². The molecule has 84 valence electrons. The van der Waals surface area contributed by atoms with Gasteiger partial charge in [0.05, 0.1) is 6.04 Å². The summed E-state index contributed by atoms with van der Waals surface area (Å²) in [6.07, 6.45) is 1.45. The van der Waals surface area contributed by atoms with Crippen LogP contribution < -0.4 is 11.1 Å². The molecular weight excluding hydrogens is 196 g/mol. The number of hydrogen-bond acceptors (Lipinski definition) is 4. The van der Waals surface area contributed by atoms with Gasteiger partial charge in [-0.15, -0.1) is 0 Å². The summed E-state index contributed by atoms with van der Waals surface area (Å²) < 4.78 is 5.06. The van der Waals surface area contributed by atoms with Crippen molar-refractivity contribution in [1.29, 1.82) is 0 Å². The van der Waals surface area contributed by atoms with Gasteiger partial charge in [0.2, 0.25) is 5.91 Å². The molecule has 1 aliphatic rings. The second-order valence-corrected chi connectivity index (χ2v) is 4.49. The molecule has 3 N–H and O–H groups in total. The van der Waals surface area contributed by atoms with E-state index in [2.05, 4.69) is 5.32 Å². The lowest BCUT2D eigenvalue weighted by atomic mass is 10.2. The Balaban J connectivity index is 2.64. The predicted molar refractivity (Wildman–Crippen MR) is 54.7 cm³/mol. The molecule has 15 heavy (non-hydrogen) atoms. The Kier molecular flexibility index (Phi) is 3.14. The van der Waals surface area contributed by atoms with Gasteiger partial charge >= 0.3 is 5.97 Å². The lowest BCUT2D eigenvalue weighted by Gasteiger charge is -2.18. The molecule has 0 aromatic rings. The Morgan fingerprint density at radius 3 is 2.60 bits per heavy atom. The topological polar surface area (TPSA) is 81.4 Å². The number of nitrogens with one attached hydrogen (secondary N) is 1. The van der Waals surface area contributed by atoms with E-state index < -0.39 is 17.6 Å². The summed E-state index contributed by atoms with van der Waals surface area (Å²) in [5.74, 6) is -0.660. The summed E-state index contributed by atoms with van der Waals surface area (Å²) in [6, 6.07) is -0.426. The molecular formula is C10H16N2O3. The fourth-order valence-corrected chi connectivity index (χ4v) is 1.22. The van der Waals surface area contributed by atoms with Crippen molar-refractivity contribution in [3.05, 3.63) is 11.8 Å². The summed E-state index contributed by atoms with van der Waals surface area (Å²) in [6.45, 7) is 5.32. The molecule has 5 nitrogen and oxygen atoms in total. The van der Waals surface area contributed by atoms with Crippen LogP contribution in [0.1, 0.15) is 27.2 Å². The maximum absolute atomic E-state index is 11.4. The van der Waals surface area contributed by atoms with Crippen molar-refractivity contribution in [2.45, 2.75) is 38.8 Å². The standard InChI is InChI=1S/C10H16N2O3/c1-10(2,3)15-9(14)5-7-6(11)4-8(13)12-7/h5-6H,4,11H2,1-3H3,(H,12,13)/b7-5-/t6-/m0/s1. The minimum atomic E-state index is -0.541. The summed E-state index contributed by atoms with van der Waals surface area (Å²) in [4.78, 5) is 22.3. The molecule has 0 spiro atoms. The molecule has 1 aliphatic heterocycles. The maximum Gasteiger partial charge on any atom is 0.333 e. The highest BCUT2D eigenvalue weighted by Crippen LogP contribution is 2.12. The van der Waals surface area contributed by atoms with Gasteiger partial charge in [0, 0.05) is 18.2 Å². The van der Waals surface area contributed by atoms with Gasteiger partial charge in [-0.3, -0.25) is 4.79 Å². The van der Waals surface area contributed by atoms with Crippen LogP contribution in [0.2, 0.25) is 0 Å². The summed E-state index contributed by atoms with van der Waals surface area (Å²) >= 11 is 0. The summed E-state index contributed by atoms with van der Waals surface area (Å²) in [5, 5.41) is 2.52. The average molecular weight is 212 g/mol. The SMILES string of the molecule is CC(C)(C)OC(=O)/C=C1\NC(=O)C[C@@H]1N. The lowest BCUT2D eigenvalue weighted by Crippen LogP contribution is -2.26. The molecule has 1 rings (SSSR count). The zero-order valence-electron chi connectivity index (χ0n) is 9.16. The van der Waals surface area contributed by atoms with Crippen LogP contribution in [0.5, 0.6) is 0 Å². The number of carbonyl (C=O) groups excluding carboxylic acids is 2. The quantitative estimate of drug-likeness (QED) is 0.475. The van der Waals surface area contributed by atoms with Gasteiger partial charge in [-0.1, -0.05) is 0 Å². The Morgan fingerprint density at radius 1 is 1.60 bits per heavy atom. The summed E-state index contributed by atoms with van der Waals surface area (Å²) in [7, 11) is 0. The number of rotatable bonds is 1. The molecule has 0 aromatic carbocycles. The van der Waals surface area contributed by atoms with E-state index in [9.17, 15) is 9.59 Å². The molecule has 0 aliphatic carbocycles. The van der Waals surface area contributed by atoms with E-state index in [-0.39, 0.29) is 12.3 Å². The van der Waals surface area contributed by atoms with E-state index in [0.717, 1.165) is 0 Å².